The number of hydrogen-bond acceptors (Lipinski definition) is 4. The Balaban J connectivity index is 1.32. The number of esters is 1. The zero-order valence-corrected chi connectivity index (χ0v) is 20.6. The van der Waals surface area contributed by atoms with Crippen LogP contribution in [0.3, 0.4) is 0 Å². The largest absolute Gasteiger partial charge is 0.508 e. The molecule has 182 valence electrons. The van der Waals surface area contributed by atoms with Gasteiger partial charge in [0.1, 0.15) is 11.5 Å². The van der Waals surface area contributed by atoms with E-state index in [2.05, 4.69) is 13.0 Å². The highest BCUT2D eigenvalue weighted by Crippen LogP contribution is 2.61. The molecule has 0 bridgehead atoms. The number of rotatable bonds is 10. The van der Waals surface area contributed by atoms with Crippen LogP contribution >= 0.6 is 0 Å². The zero-order valence-electron chi connectivity index (χ0n) is 20.6. The average molecular weight is 455 g/mol. The Hall–Kier alpha value is -1.84. The fourth-order valence-corrected chi connectivity index (χ4v) is 7.44. The van der Waals surface area contributed by atoms with E-state index in [9.17, 15) is 14.7 Å². The van der Waals surface area contributed by atoms with Gasteiger partial charge in [-0.3, -0.25) is 9.59 Å². The Morgan fingerprint density at radius 3 is 2.58 bits per heavy atom. The van der Waals surface area contributed by atoms with Crippen molar-refractivity contribution in [2.45, 2.75) is 103 Å². The minimum absolute atomic E-state index is 0.0973. The number of benzene rings is 1. The highest BCUT2D eigenvalue weighted by atomic mass is 16.5. The van der Waals surface area contributed by atoms with Crippen LogP contribution < -0.4 is 0 Å². The monoisotopic (exact) mass is 454 g/mol. The molecule has 4 rings (SSSR count). The van der Waals surface area contributed by atoms with Crippen molar-refractivity contribution in [1.29, 1.82) is 0 Å². The maximum Gasteiger partial charge on any atom is 0.302 e. The van der Waals surface area contributed by atoms with Gasteiger partial charge in [-0.05, 0) is 85.5 Å². The van der Waals surface area contributed by atoms with Crippen molar-refractivity contribution in [3.8, 4) is 5.75 Å². The fourth-order valence-electron chi connectivity index (χ4n) is 7.44. The predicted molar refractivity (Wildman–Crippen MR) is 130 cm³/mol. The predicted octanol–water partition coefficient (Wildman–Crippen LogP) is 6.73. The molecule has 4 nitrogen and oxygen atoms in total. The maximum absolute atomic E-state index is 12.8. The highest BCUT2D eigenvalue weighted by molar-refractivity contribution is 5.87. The first-order valence-corrected chi connectivity index (χ1v) is 13.4. The van der Waals surface area contributed by atoms with E-state index < -0.39 is 0 Å². The number of carbonyl (C=O) groups excluding carboxylic acids is 2. The molecule has 2 fully saturated rings. The Labute approximate surface area is 199 Å². The summed E-state index contributed by atoms with van der Waals surface area (Å²) in [4.78, 5) is 23.6. The van der Waals surface area contributed by atoms with Crippen LogP contribution in [0.25, 0.3) is 0 Å². The van der Waals surface area contributed by atoms with E-state index >= 15 is 0 Å². The third-order valence-electron chi connectivity index (χ3n) is 9.12. The summed E-state index contributed by atoms with van der Waals surface area (Å²) in [5.74, 6) is 3.05. The lowest BCUT2D eigenvalue weighted by molar-refractivity contribution is -0.141. The molecule has 0 unspecified atom stereocenters. The number of ether oxygens (including phenoxy) is 1. The molecule has 0 aliphatic heterocycles. The average Bonchev–Trinajstić information content (AvgIpc) is 3.08. The third kappa shape index (κ3) is 5.30. The van der Waals surface area contributed by atoms with E-state index in [-0.39, 0.29) is 11.4 Å². The summed E-state index contributed by atoms with van der Waals surface area (Å²) in [5.41, 5.74) is 2.70. The molecular weight excluding hydrogens is 412 g/mol. The third-order valence-corrected chi connectivity index (χ3v) is 9.12. The smallest absolute Gasteiger partial charge is 0.302 e. The van der Waals surface area contributed by atoms with Gasteiger partial charge in [-0.25, -0.2) is 0 Å². The number of phenolic OH excluding ortho intramolecular Hbond substituents is 1. The Bertz CT molecular complexity index is 846. The van der Waals surface area contributed by atoms with Gasteiger partial charge < -0.3 is 9.84 Å². The summed E-state index contributed by atoms with van der Waals surface area (Å²) in [6.07, 6.45) is 14.7. The number of unbranched alkanes of at least 4 members (excludes halogenated alkanes) is 6. The Kier molecular flexibility index (Phi) is 7.81. The molecular formula is C29H42O4. The highest BCUT2D eigenvalue weighted by Gasteiger charge is 2.56. The van der Waals surface area contributed by atoms with Crippen LogP contribution in [0.1, 0.15) is 108 Å². The molecule has 3 aliphatic rings. The van der Waals surface area contributed by atoms with Crippen molar-refractivity contribution in [2.75, 3.05) is 6.61 Å². The van der Waals surface area contributed by atoms with Gasteiger partial charge in [-0.15, -0.1) is 0 Å². The van der Waals surface area contributed by atoms with Crippen molar-refractivity contribution < 1.29 is 19.4 Å². The molecule has 0 amide bonds. The molecule has 4 heteroatoms. The zero-order chi connectivity index (χ0) is 23.4. The summed E-state index contributed by atoms with van der Waals surface area (Å²) < 4.78 is 5.00. The normalized spacial score (nSPS) is 30.4. The SMILES string of the molecule is CC(=O)OCCCCCCCCC[C@@H]1Cc2cc(O)ccc2[C@H]2CC[C@]3(C)C(=O)CC[C@H]3[C@H]12. The van der Waals surface area contributed by atoms with Gasteiger partial charge in [0.25, 0.3) is 0 Å². The topological polar surface area (TPSA) is 63.6 Å². The number of phenols is 1. The molecule has 0 heterocycles. The van der Waals surface area contributed by atoms with Crippen molar-refractivity contribution in [1.82, 2.24) is 0 Å². The van der Waals surface area contributed by atoms with Gasteiger partial charge in [-0.1, -0.05) is 51.5 Å². The Morgan fingerprint density at radius 1 is 1.09 bits per heavy atom. The van der Waals surface area contributed by atoms with E-state index in [1.807, 2.05) is 12.1 Å². The lowest BCUT2D eigenvalue weighted by Gasteiger charge is -2.51. The van der Waals surface area contributed by atoms with Crippen LogP contribution in [0.15, 0.2) is 18.2 Å². The van der Waals surface area contributed by atoms with E-state index in [1.165, 1.54) is 56.6 Å². The number of ketones is 1. The standard InChI is InChI=1S/C29H42O4/c1-20(30)33-17-9-7-5-3-4-6-8-10-21-18-22-19-23(31)11-12-24(22)25-15-16-29(2)26(28(21)25)13-14-27(29)32/h11-12,19,21,25-26,28,31H,3-10,13-18H2,1-2H3/t21-,25-,26+,28-,29+/m1/s1. The van der Waals surface area contributed by atoms with E-state index in [0.717, 1.165) is 44.9 Å². The molecule has 2 saturated carbocycles. The molecule has 0 radical (unpaired) electrons. The molecule has 1 N–H and O–H groups in total. The molecule has 1 aromatic rings. The van der Waals surface area contributed by atoms with Crippen molar-refractivity contribution in [3.05, 3.63) is 29.3 Å². The molecule has 1 aromatic carbocycles. The summed E-state index contributed by atoms with van der Waals surface area (Å²) >= 11 is 0. The first-order valence-electron chi connectivity index (χ1n) is 13.4. The second-order valence-electron chi connectivity index (χ2n) is 11.2. The van der Waals surface area contributed by atoms with Crippen LogP contribution in [0.2, 0.25) is 0 Å². The Morgan fingerprint density at radius 2 is 1.82 bits per heavy atom. The number of fused-ring (bicyclic) bond motifs is 5. The van der Waals surface area contributed by atoms with Crippen molar-refractivity contribution in [2.24, 2.45) is 23.2 Å². The molecule has 3 aliphatic carbocycles. The van der Waals surface area contributed by atoms with E-state index in [0.29, 0.717) is 41.8 Å². The minimum atomic E-state index is -0.182. The van der Waals surface area contributed by atoms with Crippen LogP contribution in [0.4, 0.5) is 0 Å². The quantitative estimate of drug-likeness (QED) is 0.314. The number of Topliss-reactive ketones (excluding diaryl/α,β-unsaturated/α-hetero) is 1. The van der Waals surface area contributed by atoms with Gasteiger partial charge in [0.05, 0.1) is 6.61 Å². The van der Waals surface area contributed by atoms with E-state index in [4.69, 9.17) is 4.74 Å². The molecule has 0 aromatic heterocycles. The van der Waals surface area contributed by atoms with Crippen molar-refractivity contribution in [3.63, 3.8) is 0 Å². The summed E-state index contributed by atoms with van der Waals surface area (Å²) in [5, 5.41) is 10.1. The van der Waals surface area contributed by atoms with Crippen LogP contribution in [-0.4, -0.2) is 23.5 Å². The van der Waals surface area contributed by atoms with Crippen LogP contribution in [0, 0.1) is 23.2 Å². The van der Waals surface area contributed by atoms with Crippen LogP contribution in [0.5, 0.6) is 5.75 Å². The maximum atomic E-state index is 12.8. The van der Waals surface area contributed by atoms with Gasteiger partial charge >= 0.3 is 5.97 Å². The van der Waals surface area contributed by atoms with Crippen LogP contribution in [-0.2, 0) is 20.7 Å². The summed E-state index contributed by atoms with van der Waals surface area (Å²) in [6, 6.07) is 6.03. The number of aromatic hydroxyl groups is 1. The fraction of sp³-hybridized carbons (Fsp3) is 0.724. The summed E-state index contributed by atoms with van der Waals surface area (Å²) in [7, 11) is 0. The minimum Gasteiger partial charge on any atom is -0.508 e. The van der Waals surface area contributed by atoms with Crippen molar-refractivity contribution >= 4 is 11.8 Å². The molecule has 0 saturated heterocycles. The molecule has 0 spiro atoms. The summed E-state index contributed by atoms with van der Waals surface area (Å²) in [6.45, 7) is 4.28. The van der Waals surface area contributed by atoms with Gasteiger partial charge in [-0.2, -0.15) is 0 Å². The van der Waals surface area contributed by atoms with Gasteiger partial charge in [0.15, 0.2) is 0 Å². The lowest BCUT2D eigenvalue weighted by Crippen LogP contribution is -2.46. The first kappa shape index (κ1) is 24.3. The van der Waals surface area contributed by atoms with Gasteiger partial charge in [0.2, 0.25) is 0 Å². The van der Waals surface area contributed by atoms with E-state index in [1.54, 1.807) is 0 Å². The van der Waals surface area contributed by atoms with Gasteiger partial charge in [0, 0.05) is 18.8 Å². The lowest BCUT2D eigenvalue weighted by atomic mass is 9.52. The first-order chi connectivity index (χ1) is 15.9. The number of carbonyl (C=O) groups is 2. The number of hydrogen-bond donors (Lipinski definition) is 1. The second-order valence-corrected chi connectivity index (χ2v) is 11.2. The molecule has 33 heavy (non-hydrogen) atoms. The molecule has 5 atom stereocenters. The second kappa shape index (κ2) is 10.6.